The van der Waals surface area contributed by atoms with Gasteiger partial charge in [-0.15, -0.1) is 0 Å². The molecule has 0 spiro atoms. The molecule has 1 fully saturated rings. The van der Waals surface area contributed by atoms with Crippen LogP contribution >= 0.6 is 12.2 Å². The molecule has 2 aliphatic heterocycles. The maximum absolute atomic E-state index is 5.61. The SMILES string of the molecule is C[C@H](NC(=S)Nc1nc(N2CCCC2)cc(N2CCc3ccccc3C2)n1)c1ccccc1. The number of nitrogens with one attached hydrogen (secondary N) is 2. The van der Waals surface area contributed by atoms with Gasteiger partial charge >= 0.3 is 0 Å². The van der Waals surface area contributed by atoms with E-state index in [1.807, 2.05) is 18.2 Å². The Hall–Kier alpha value is -3.19. The highest BCUT2D eigenvalue weighted by Gasteiger charge is 2.22. The first-order valence-electron chi connectivity index (χ1n) is 11.7. The van der Waals surface area contributed by atoms with E-state index < -0.39 is 0 Å². The van der Waals surface area contributed by atoms with Crippen molar-refractivity contribution in [3.63, 3.8) is 0 Å². The fraction of sp³-hybridized carbons (Fsp3) is 0.346. The zero-order valence-electron chi connectivity index (χ0n) is 19.0. The lowest BCUT2D eigenvalue weighted by Crippen LogP contribution is -2.33. The molecule has 0 unspecified atom stereocenters. The largest absolute Gasteiger partial charge is 0.356 e. The van der Waals surface area contributed by atoms with Gasteiger partial charge in [-0.05, 0) is 55.1 Å². The first-order valence-corrected chi connectivity index (χ1v) is 12.1. The van der Waals surface area contributed by atoms with Crippen LogP contribution < -0.4 is 20.4 Å². The van der Waals surface area contributed by atoms with Gasteiger partial charge < -0.3 is 20.4 Å². The number of benzene rings is 2. The molecule has 1 saturated heterocycles. The lowest BCUT2D eigenvalue weighted by Gasteiger charge is -2.31. The monoisotopic (exact) mass is 458 g/mol. The minimum atomic E-state index is 0.0889. The summed E-state index contributed by atoms with van der Waals surface area (Å²) in [6.07, 6.45) is 3.43. The predicted molar refractivity (Wildman–Crippen MR) is 139 cm³/mol. The van der Waals surface area contributed by atoms with E-state index in [4.69, 9.17) is 22.2 Å². The summed E-state index contributed by atoms with van der Waals surface area (Å²) in [6.45, 7) is 5.97. The quantitative estimate of drug-likeness (QED) is 0.538. The zero-order chi connectivity index (χ0) is 22.6. The highest BCUT2D eigenvalue weighted by molar-refractivity contribution is 7.80. The van der Waals surface area contributed by atoms with Crippen LogP contribution in [0, 0.1) is 0 Å². The Morgan fingerprint density at radius 2 is 1.55 bits per heavy atom. The van der Waals surface area contributed by atoms with Crippen LogP contribution in [0.25, 0.3) is 0 Å². The molecule has 33 heavy (non-hydrogen) atoms. The highest BCUT2D eigenvalue weighted by Crippen LogP contribution is 2.28. The van der Waals surface area contributed by atoms with Crippen LogP contribution in [0.1, 0.15) is 42.5 Å². The molecule has 0 amide bonds. The van der Waals surface area contributed by atoms with Crippen molar-refractivity contribution >= 4 is 34.9 Å². The third-order valence-electron chi connectivity index (χ3n) is 6.46. The lowest BCUT2D eigenvalue weighted by molar-refractivity contribution is 0.717. The summed E-state index contributed by atoms with van der Waals surface area (Å²) in [5, 5.41) is 7.14. The number of aromatic nitrogens is 2. The summed E-state index contributed by atoms with van der Waals surface area (Å²) < 4.78 is 0. The fourth-order valence-electron chi connectivity index (χ4n) is 4.60. The van der Waals surface area contributed by atoms with Crippen molar-refractivity contribution in [3.8, 4) is 0 Å². The van der Waals surface area contributed by atoms with Crippen molar-refractivity contribution in [2.45, 2.75) is 38.8 Å². The van der Waals surface area contributed by atoms with Gasteiger partial charge in [-0.3, -0.25) is 0 Å². The van der Waals surface area contributed by atoms with Crippen molar-refractivity contribution in [2.75, 3.05) is 34.8 Å². The normalized spacial score (nSPS) is 16.3. The summed E-state index contributed by atoms with van der Waals surface area (Å²) in [5.41, 5.74) is 3.98. The Kier molecular flexibility index (Phi) is 6.39. The lowest BCUT2D eigenvalue weighted by atomic mass is 10.00. The second-order valence-corrected chi connectivity index (χ2v) is 9.18. The molecule has 2 N–H and O–H groups in total. The molecule has 2 aromatic carbocycles. The molecular formula is C26H30N6S. The maximum atomic E-state index is 5.61. The van der Waals surface area contributed by atoms with Crippen LogP contribution in [0.15, 0.2) is 60.7 Å². The van der Waals surface area contributed by atoms with Crippen LogP contribution in [0.5, 0.6) is 0 Å². The minimum absolute atomic E-state index is 0.0889. The summed E-state index contributed by atoms with van der Waals surface area (Å²) >= 11 is 5.61. The molecule has 6 nitrogen and oxygen atoms in total. The summed E-state index contributed by atoms with van der Waals surface area (Å²) in [7, 11) is 0. The van der Waals surface area contributed by atoms with E-state index in [0.29, 0.717) is 11.1 Å². The van der Waals surface area contributed by atoms with Crippen LogP contribution in [0.4, 0.5) is 17.6 Å². The van der Waals surface area contributed by atoms with E-state index in [1.165, 1.54) is 29.5 Å². The van der Waals surface area contributed by atoms with Gasteiger partial charge in [0.05, 0.1) is 6.04 Å². The van der Waals surface area contributed by atoms with Crippen molar-refractivity contribution < 1.29 is 0 Å². The van der Waals surface area contributed by atoms with E-state index in [2.05, 4.69) is 69.8 Å². The van der Waals surface area contributed by atoms with Gasteiger partial charge in [0.2, 0.25) is 5.95 Å². The number of thiocarbonyl (C=S) groups is 1. The average molecular weight is 459 g/mol. The number of hydrogen-bond acceptors (Lipinski definition) is 5. The van der Waals surface area contributed by atoms with E-state index >= 15 is 0 Å². The van der Waals surface area contributed by atoms with Crippen molar-refractivity contribution in [1.82, 2.24) is 15.3 Å². The van der Waals surface area contributed by atoms with Gasteiger partial charge in [-0.2, -0.15) is 9.97 Å². The van der Waals surface area contributed by atoms with Crippen LogP contribution in [-0.2, 0) is 13.0 Å². The molecule has 3 aromatic rings. The predicted octanol–water partition coefficient (Wildman–Crippen LogP) is 4.69. The van der Waals surface area contributed by atoms with Crippen molar-refractivity contribution in [2.24, 2.45) is 0 Å². The third kappa shape index (κ3) is 5.09. The molecule has 5 rings (SSSR count). The standard InChI is InChI=1S/C26H30N6S/c1-19(20-9-3-2-4-10-20)27-26(33)30-25-28-23(31-14-7-8-15-31)17-24(29-25)32-16-13-21-11-5-6-12-22(21)18-32/h2-6,9-12,17,19H,7-8,13-16,18H2,1H3,(H2,27,28,29,30,33)/t19-/m0/s1. The Morgan fingerprint density at radius 1 is 0.879 bits per heavy atom. The smallest absolute Gasteiger partial charge is 0.232 e. The molecule has 3 heterocycles. The van der Waals surface area contributed by atoms with Crippen molar-refractivity contribution in [1.29, 1.82) is 0 Å². The van der Waals surface area contributed by atoms with Crippen molar-refractivity contribution in [3.05, 3.63) is 77.4 Å². The summed E-state index contributed by atoms with van der Waals surface area (Å²) in [4.78, 5) is 14.4. The van der Waals surface area contributed by atoms with E-state index in [1.54, 1.807) is 0 Å². The number of nitrogens with zero attached hydrogens (tertiary/aromatic N) is 4. The van der Waals surface area contributed by atoms with E-state index in [9.17, 15) is 0 Å². The highest BCUT2D eigenvalue weighted by atomic mass is 32.1. The fourth-order valence-corrected chi connectivity index (χ4v) is 4.87. The van der Waals surface area contributed by atoms with Gasteiger partial charge in [-0.1, -0.05) is 54.6 Å². The van der Waals surface area contributed by atoms with E-state index in [0.717, 1.165) is 44.2 Å². The second-order valence-electron chi connectivity index (χ2n) is 8.77. The maximum Gasteiger partial charge on any atom is 0.232 e. The minimum Gasteiger partial charge on any atom is -0.356 e. The molecule has 1 atom stereocenters. The topological polar surface area (TPSA) is 56.3 Å². The average Bonchev–Trinajstić information content (AvgIpc) is 3.39. The van der Waals surface area contributed by atoms with Gasteiger partial charge in [-0.25, -0.2) is 0 Å². The van der Waals surface area contributed by atoms with Gasteiger partial charge in [0.1, 0.15) is 11.6 Å². The molecule has 0 saturated carbocycles. The zero-order valence-corrected chi connectivity index (χ0v) is 19.8. The van der Waals surface area contributed by atoms with Crippen LogP contribution in [0.2, 0.25) is 0 Å². The van der Waals surface area contributed by atoms with E-state index in [-0.39, 0.29) is 6.04 Å². The molecule has 0 bridgehead atoms. The molecule has 1 aromatic heterocycles. The molecule has 0 radical (unpaired) electrons. The number of hydrogen-bond donors (Lipinski definition) is 2. The van der Waals surface area contributed by atoms with Gasteiger partial charge in [0.25, 0.3) is 0 Å². The molecule has 7 heteroatoms. The molecule has 170 valence electrons. The Morgan fingerprint density at radius 3 is 2.30 bits per heavy atom. The van der Waals surface area contributed by atoms with Crippen LogP contribution in [0.3, 0.4) is 0 Å². The number of rotatable bonds is 5. The van der Waals surface area contributed by atoms with Gasteiger partial charge in [0.15, 0.2) is 5.11 Å². The third-order valence-corrected chi connectivity index (χ3v) is 6.68. The molecule has 0 aliphatic carbocycles. The Balaban J connectivity index is 1.36. The second kappa shape index (κ2) is 9.75. The Bertz CT molecular complexity index is 1110. The number of anilines is 3. The van der Waals surface area contributed by atoms with Crippen LogP contribution in [-0.4, -0.2) is 34.7 Å². The summed E-state index contributed by atoms with van der Waals surface area (Å²) in [5.74, 6) is 2.46. The number of fused-ring (bicyclic) bond motifs is 1. The summed E-state index contributed by atoms with van der Waals surface area (Å²) in [6, 6.07) is 21.2. The Labute approximate surface area is 201 Å². The van der Waals surface area contributed by atoms with Gasteiger partial charge in [0, 0.05) is 32.2 Å². The first-order chi connectivity index (χ1) is 16.2. The first kappa shape index (κ1) is 21.6. The molecular weight excluding hydrogens is 428 g/mol. The molecule has 2 aliphatic rings.